The Labute approximate surface area is 129 Å². The summed E-state index contributed by atoms with van der Waals surface area (Å²) in [6, 6.07) is 5.80. The third-order valence-corrected chi connectivity index (χ3v) is 3.02. The van der Waals surface area contributed by atoms with Crippen molar-refractivity contribution in [3.8, 4) is 22.9 Å². The SMILES string of the molecule is CCOCCCNc1nc(-c2cc(OC)ccc2OC)no1. The average Bonchev–Trinajstić information content (AvgIpc) is 3.02. The summed E-state index contributed by atoms with van der Waals surface area (Å²) in [4.78, 5) is 4.32. The van der Waals surface area contributed by atoms with Gasteiger partial charge in [0.25, 0.3) is 0 Å². The maximum Gasteiger partial charge on any atom is 0.321 e. The number of hydrogen-bond donors (Lipinski definition) is 1. The van der Waals surface area contributed by atoms with Crippen LogP contribution < -0.4 is 14.8 Å². The van der Waals surface area contributed by atoms with Gasteiger partial charge in [-0.25, -0.2) is 0 Å². The summed E-state index contributed by atoms with van der Waals surface area (Å²) >= 11 is 0. The van der Waals surface area contributed by atoms with E-state index >= 15 is 0 Å². The first-order valence-corrected chi connectivity index (χ1v) is 7.16. The fourth-order valence-electron chi connectivity index (χ4n) is 1.91. The second kappa shape index (κ2) is 8.23. The highest BCUT2D eigenvalue weighted by atomic mass is 16.5. The van der Waals surface area contributed by atoms with Crippen molar-refractivity contribution in [1.82, 2.24) is 10.1 Å². The van der Waals surface area contributed by atoms with E-state index in [4.69, 9.17) is 18.7 Å². The molecule has 0 spiro atoms. The smallest absolute Gasteiger partial charge is 0.321 e. The largest absolute Gasteiger partial charge is 0.497 e. The predicted molar refractivity (Wildman–Crippen MR) is 82.4 cm³/mol. The Bertz CT molecular complexity index is 586. The van der Waals surface area contributed by atoms with E-state index in [9.17, 15) is 0 Å². The number of nitrogens with zero attached hydrogens (tertiary/aromatic N) is 2. The van der Waals surface area contributed by atoms with Crippen LogP contribution in [0, 0.1) is 0 Å². The van der Waals surface area contributed by atoms with Crippen LogP contribution in [0.5, 0.6) is 11.5 Å². The number of ether oxygens (including phenoxy) is 3. The first-order valence-electron chi connectivity index (χ1n) is 7.16. The number of aromatic nitrogens is 2. The molecule has 0 saturated carbocycles. The van der Waals surface area contributed by atoms with E-state index in [2.05, 4.69) is 15.5 Å². The minimum atomic E-state index is 0.372. The number of nitrogens with one attached hydrogen (secondary N) is 1. The molecule has 1 aromatic heterocycles. The van der Waals surface area contributed by atoms with Crippen LogP contribution >= 0.6 is 0 Å². The lowest BCUT2D eigenvalue weighted by atomic mass is 10.2. The molecule has 1 aromatic carbocycles. The zero-order valence-corrected chi connectivity index (χ0v) is 13.1. The van der Waals surface area contributed by atoms with Gasteiger partial charge in [-0.2, -0.15) is 4.98 Å². The lowest BCUT2D eigenvalue weighted by Gasteiger charge is -2.07. The zero-order valence-electron chi connectivity index (χ0n) is 13.1. The standard InChI is InChI=1S/C15H21N3O4/c1-4-21-9-5-8-16-15-17-14(18-22-15)12-10-11(19-2)6-7-13(12)20-3/h6-7,10H,4-5,8-9H2,1-3H3,(H,16,17,18). The molecule has 0 amide bonds. The normalized spacial score (nSPS) is 10.5. The van der Waals surface area contributed by atoms with Gasteiger partial charge in [0.15, 0.2) is 0 Å². The highest BCUT2D eigenvalue weighted by molar-refractivity contribution is 5.66. The van der Waals surface area contributed by atoms with Crippen molar-refractivity contribution < 1.29 is 18.7 Å². The van der Waals surface area contributed by atoms with E-state index in [0.717, 1.165) is 13.0 Å². The van der Waals surface area contributed by atoms with Gasteiger partial charge in [-0.3, -0.25) is 0 Å². The predicted octanol–water partition coefficient (Wildman–Crippen LogP) is 2.59. The van der Waals surface area contributed by atoms with Gasteiger partial charge in [0, 0.05) is 19.8 Å². The second-order valence-electron chi connectivity index (χ2n) is 4.47. The van der Waals surface area contributed by atoms with Crippen molar-refractivity contribution in [1.29, 1.82) is 0 Å². The minimum Gasteiger partial charge on any atom is -0.497 e. The molecule has 0 aliphatic carbocycles. The van der Waals surface area contributed by atoms with E-state index in [1.807, 2.05) is 19.1 Å². The Kier molecular flexibility index (Phi) is 6.02. The molecular weight excluding hydrogens is 286 g/mol. The first kappa shape index (κ1) is 16.1. The van der Waals surface area contributed by atoms with E-state index in [0.29, 0.717) is 42.1 Å². The van der Waals surface area contributed by atoms with Crippen molar-refractivity contribution in [2.24, 2.45) is 0 Å². The Balaban J connectivity index is 2.04. The highest BCUT2D eigenvalue weighted by Crippen LogP contribution is 2.32. The van der Waals surface area contributed by atoms with Gasteiger partial charge in [-0.05, 0) is 31.5 Å². The monoisotopic (exact) mass is 307 g/mol. The molecule has 0 atom stereocenters. The maximum absolute atomic E-state index is 5.32. The summed E-state index contributed by atoms with van der Waals surface area (Å²) in [6.45, 7) is 4.10. The molecule has 0 radical (unpaired) electrons. The number of methoxy groups -OCH3 is 2. The molecule has 22 heavy (non-hydrogen) atoms. The van der Waals surface area contributed by atoms with Crippen LogP contribution in [-0.2, 0) is 4.74 Å². The Morgan fingerprint density at radius 2 is 2.09 bits per heavy atom. The molecule has 2 aromatic rings. The van der Waals surface area contributed by atoms with Crippen LogP contribution in [0.1, 0.15) is 13.3 Å². The Morgan fingerprint density at radius 1 is 1.23 bits per heavy atom. The van der Waals surface area contributed by atoms with Crippen molar-refractivity contribution in [3.05, 3.63) is 18.2 Å². The van der Waals surface area contributed by atoms with Crippen LogP contribution in [-0.4, -0.2) is 44.1 Å². The number of benzene rings is 1. The van der Waals surface area contributed by atoms with Crippen molar-refractivity contribution in [2.45, 2.75) is 13.3 Å². The molecular formula is C15H21N3O4. The molecule has 7 nitrogen and oxygen atoms in total. The molecule has 1 heterocycles. The lowest BCUT2D eigenvalue weighted by Crippen LogP contribution is -2.05. The highest BCUT2D eigenvalue weighted by Gasteiger charge is 2.14. The quantitative estimate of drug-likeness (QED) is 0.713. The topological polar surface area (TPSA) is 78.6 Å². The van der Waals surface area contributed by atoms with Gasteiger partial charge in [0.2, 0.25) is 5.82 Å². The van der Waals surface area contributed by atoms with Crippen LogP contribution in [0.15, 0.2) is 22.7 Å². The van der Waals surface area contributed by atoms with Gasteiger partial charge in [0.05, 0.1) is 19.8 Å². The van der Waals surface area contributed by atoms with E-state index in [1.165, 1.54) is 0 Å². The molecule has 7 heteroatoms. The van der Waals surface area contributed by atoms with Crippen LogP contribution in [0.25, 0.3) is 11.4 Å². The number of rotatable bonds is 9. The first-order chi connectivity index (χ1) is 10.8. The summed E-state index contributed by atoms with van der Waals surface area (Å²) in [5.74, 6) is 1.80. The molecule has 0 saturated heterocycles. The third kappa shape index (κ3) is 4.11. The van der Waals surface area contributed by atoms with Crippen LogP contribution in [0.3, 0.4) is 0 Å². The van der Waals surface area contributed by atoms with Gasteiger partial charge >= 0.3 is 6.01 Å². The number of anilines is 1. The third-order valence-electron chi connectivity index (χ3n) is 3.02. The van der Waals surface area contributed by atoms with E-state index < -0.39 is 0 Å². The van der Waals surface area contributed by atoms with Gasteiger partial charge in [-0.15, -0.1) is 0 Å². The van der Waals surface area contributed by atoms with Gasteiger partial charge in [-0.1, -0.05) is 5.16 Å². The molecule has 0 unspecified atom stereocenters. The molecule has 2 rings (SSSR count). The summed E-state index contributed by atoms with van der Waals surface area (Å²) in [5.41, 5.74) is 0.716. The van der Waals surface area contributed by atoms with Gasteiger partial charge in [0.1, 0.15) is 11.5 Å². The molecule has 1 N–H and O–H groups in total. The van der Waals surface area contributed by atoms with Crippen molar-refractivity contribution in [2.75, 3.05) is 39.3 Å². The molecule has 0 fully saturated rings. The molecule has 0 aliphatic rings. The summed E-state index contributed by atoms with van der Waals surface area (Å²) in [6.07, 6.45) is 0.869. The minimum absolute atomic E-state index is 0.372. The second-order valence-corrected chi connectivity index (χ2v) is 4.47. The fourth-order valence-corrected chi connectivity index (χ4v) is 1.91. The van der Waals surface area contributed by atoms with E-state index in [1.54, 1.807) is 20.3 Å². The lowest BCUT2D eigenvalue weighted by molar-refractivity contribution is 0.147. The molecule has 120 valence electrons. The zero-order chi connectivity index (χ0) is 15.8. The average molecular weight is 307 g/mol. The summed E-state index contributed by atoms with van der Waals surface area (Å²) in [5, 5.41) is 7.04. The Morgan fingerprint density at radius 3 is 2.82 bits per heavy atom. The van der Waals surface area contributed by atoms with Crippen molar-refractivity contribution in [3.63, 3.8) is 0 Å². The summed E-state index contributed by atoms with van der Waals surface area (Å²) < 4.78 is 21.0. The van der Waals surface area contributed by atoms with Crippen LogP contribution in [0.2, 0.25) is 0 Å². The molecule has 0 aliphatic heterocycles. The summed E-state index contributed by atoms with van der Waals surface area (Å²) in [7, 11) is 3.20. The van der Waals surface area contributed by atoms with Crippen LogP contribution in [0.4, 0.5) is 6.01 Å². The van der Waals surface area contributed by atoms with E-state index in [-0.39, 0.29) is 0 Å². The fraction of sp³-hybridized carbons (Fsp3) is 0.467. The number of hydrogen-bond acceptors (Lipinski definition) is 7. The van der Waals surface area contributed by atoms with Crippen molar-refractivity contribution >= 4 is 6.01 Å². The Hall–Kier alpha value is -2.28. The molecule has 0 bridgehead atoms. The maximum atomic E-state index is 5.32. The van der Waals surface area contributed by atoms with Gasteiger partial charge < -0.3 is 24.1 Å².